The Hall–Kier alpha value is -0.610. The number of carbonyl (C=O) groups is 1. The van der Waals surface area contributed by atoms with E-state index in [9.17, 15) is 4.79 Å². The summed E-state index contributed by atoms with van der Waals surface area (Å²) in [4.78, 5) is 14.8. The third-order valence-corrected chi connectivity index (χ3v) is 5.64. The maximum Gasteiger partial charge on any atom is 0.230 e. The molecule has 0 aromatic carbocycles. The second-order valence-electron chi connectivity index (χ2n) is 6.41. The predicted molar refractivity (Wildman–Crippen MR) is 77.8 cm³/mol. The van der Waals surface area contributed by atoms with E-state index < -0.39 is 0 Å². The van der Waals surface area contributed by atoms with Crippen molar-refractivity contribution in [2.45, 2.75) is 46.0 Å². The molecule has 4 nitrogen and oxygen atoms in total. The van der Waals surface area contributed by atoms with Gasteiger partial charge in [0, 0.05) is 26.2 Å². The second kappa shape index (κ2) is 5.80. The number of carbonyl (C=O) groups excluding carboxylic acids is 1. The van der Waals surface area contributed by atoms with Crippen molar-refractivity contribution < 1.29 is 4.79 Å². The van der Waals surface area contributed by atoms with Gasteiger partial charge < -0.3 is 16.0 Å². The molecule has 2 rings (SSSR count). The molecule has 3 N–H and O–H groups in total. The number of nitrogens with two attached hydrogens (primary N) is 1. The Labute approximate surface area is 117 Å². The lowest BCUT2D eigenvalue weighted by atomic mass is 9.76. The molecule has 0 unspecified atom stereocenters. The average molecular weight is 267 g/mol. The highest BCUT2D eigenvalue weighted by Gasteiger charge is 2.42. The largest absolute Gasteiger partial charge is 0.342 e. The summed E-state index contributed by atoms with van der Waals surface area (Å²) < 4.78 is 0. The van der Waals surface area contributed by atoms with Crippen molar-refractivity contribution in [3.63, 3.8) is 0 Å². The van der Waals surface area contributed by atoms with Crippen LogP contribution in [0.3, 0.4) is 0 Å². The molecule has 4 heteroatoms. The summed E-state index contributed by atoms with van der Waals surface area (Å²) in [5, 5.41) is 3.47. The van der Waals surface area contributed by atoms with Crippen LogP contribution >= 0.6 is 0 Å². The van der Waals surface area contributed by atoms with Crippen molar-refractivity contribution in [3.8, 4) is 0 Å². The summed E-state index contributed by atoms with van der Waals surface area (Å²) in [7, 11) is 0. The van der Waals surface area contributed by atoms with Crippen LogP contribution in [0, 0.1) is 10.8 Å². The molecule has 0 radical (unpaired) electrons. The molecule has 2 fully saturated rings. The maximum atomic E-state index is 12.7. The molecule has 0 saturated carbocycles. The molecular weight excluding hydrogens is 238 g/mol. The number of rotatable bonds is 4. The van der Waals surface area contributed by atoms with Gasteiger partial charge in [0.2, 0.25) is 5.91 Å². The van der Waals surface area contributed by atoms with Crippen LogP contribution < -0.4 is 11.1 Å². The number of likely N-dealkylation sites (tertiary alicyclic amines) is 1. The molecule has 1 amide bonds. The topological polar surface area (TPSA) is 58.4 Å². The first-order valence-electron chi connectivity index (χ1n) is 7.81. The quantitative estimate of drug-likeness (QED) is 0.808. The van der Waals surface area contributed by atoms with Crippen molar-refractivity contribution in [2.75, 3.05) is 32.7 Å². The van der Waals surface area contributed by atoms with E-state index in [1.807, 2.05) is 0 Å². The number of hydrogen-bond acceptors (Lipinski definition) is 3. The first-order chi connectivity index (χ1) is 9.11. The number of nitrogens with one attached hydrogen (secondary N) is 1. The lowest BCUT2D eigenvalue weighted by Crippen LogP contribution is -2.52. The van der Waals surface area contributed by atoms with Gasteiger partial charge in [0.05, 0.1) is 5.41 Å². The minimum absolute atomic E-state index is 0.292. The maximum absolute atomic E-state index is 12.7. The van der Waals surface area contributed by atoms with Crippen LogP contribution in [0.1, 0.15) is 46.0 Å². The summed E-state index contributed by atoms with van der Waals surface area (Å²) in [6.45, 7) is 8.76. The molecule has 2 saturated heterocycles. The Balaban J connectivity index is 1.98. The van der Waals surface area contributed by atoms with Gasteiger partial charge in [-0.3, -0.25) is 4.79 Å². The summed E-state index contributed by atoms with van der Waals surface area (Å²) in [6.07, 6.45) is 5.28. The molecule has 0 aromatic heterocycles. The molecule has 0 bridgehead atoms. The third kappa shape index (κ3) is 2.65. The van der Waals surface area contributed by atoms with Crippen molar-refractivity contribution in [1.29, 1.82) is 0 Å². The molecule has 2 aliphatic rings. The van der Waals surface area contributed by atoms with Gasteiger partial charge in [0.1, 0.15) is 0 Å². The van der Waals surface area contributed by atoms with E-state index in [2.05, 4.69) is 24.1 Å². The van der Waals surface area contributed by atoms with Crippen molar-refractivity contribution in [3.05, 3.63) is 0 Å². The smallest absolute Gasteiger partial charge is 0.230 e. The van der Waals surface area contributed by atoms with Crippen LogP contribution in [0.2, 0.25) is 0 Å². The van der Waals surface area contributed by atoms with E-state index in [1.165, 1.54) is 6.42 Å². The lowest BCUT2D eigenvalue weighted by molar-refractivity contribution is -0.144. The standard InChI is InChI=1S/C15H29N3O/c1-3-15(4-2,11-16)13(19)18-9-6-14(7-10-18)5-8-17-12-14/h17H,3-12,16H2,1-2H3. The minimum Gasteiger partial charge on any atom is -0.342 e. The van der Waals surface area contributed by atoms with Gasteiger partial charge in [-0.15, -0.1) is 0 Å². The monoisotopic (exact) mass is 267 g/mol. The third-order valence-electron chi connectivity index (χ3n) is 5.64. The molecular formula is C15H29N3O. The molecule has 2 aliphatic heterocycles. The first-order valence-corrected chi connectivity index (χ1v) is 7.81. The van der Waals surface area contributed by atoms with Crippen LogP contribution in [0.15, 0.2) is 0 Å². The van der Waals surface area contributed by atoms with E-state index >= 15 is 0 Å². The zero-order valence-corrected chi connectivity index (χ0v) is 12.5. The Kier molecular flexibility index (Phi) is 4.51. The van der Waals surface area contributed by atoms with Crippen molar-refractivity contribution in [1.82, 2.24) is 10.2 Å². The molecule has 0 aromatic rings. The second-order valence-corrected chi connectivity index (χ2v) is 6.41. The fourth-order valence-electron chi connectivity index (χ4n) is 3.67. The van der Waals surface area contributed by atoms with Gasteiger partial charge in [-0.05, 0) is 44.1 Å². The fourth-order valence-corrected chi connectivity index (χ4v) is 3.67. The van der Waals surface area contributed by atoms with Gasteiger partial charge in [0.15, 0.2) is 0 Å². The van der Waals surface area contributed by atoms with Gasteiger partial charge in [0.25, 0.3) is 0 Å². The zero-order chi connectivity index (χ0) is 13.9. The number of piperidine rings is 1. The number of nitrogens with zero attached hydrogens (tertiary/aromatic N) is 1. The van der Waals surface area contributed by atoms with Crippen molar-refractivity contribution in [2.24, 2.45) is 16.6 Å². The molecule has 19 heavy (non-hydrogen) atoms. The Morgan fingerprint density at radius 3 is 2.32 bits per heavy atom. The van der Waals surface area contributed by atoms with Crippen LogP contribution in [-0.4, -0.2) is 43.5 Å². The van der Waals surface area contributed by atoms with Crippen LogP contribution in [0.5, 0.6) is 0 Å². The number of hydrogen-bond donors (Lipinski definition) is 2. The normalized spacial score (nSPS) is 23.0. The van der Waals surface area contributed by atoms with Crippen molar-refractivity contribution >= 4 is 5.91 Å². The van der Waals surface area contributed by atoms with Crippen LogP contribution in [-0.2, 0) is 4.79 Å². The lowest BCUT2D eigenvalue weighted by Gasteiger charge is -2.42. The number of amides is 1. The van der Waals surface area contributed by atoms with Gasteiger partial charge >= 0.3 is 0 Å². The Bertz CT molecular complexity index is 301. The highest BCUT2D eigenvalue weighted by Crippen LogP contribution is 2.38. The minimum atomic E-state index is -0.321. The summed E-state index contributed by atoms with van der Waals surface area (Å²) >= 11 is 0. The molecule has 0 atom stereocenters. The average Bonchev–Trinajstić information content (AvgIpc) is 2.90. The predicted octanol–water partition coefficient (Wildman–Crippen LogP) is 1.35. The summed E-state index contributed by atoms with van der Waals surface area (Å²) in [6, 6.07) is 0. The summed E-state index contributed by atoms with van der Waals surface area (Å²) in [5.41, 5.74) is 6.05. The molecule has 2 heterocycles. The first kappa shape index (κ1) is 14.8. The van der Waals surface area contributed by atoms with E-state index in [-0.39, 0.29) is 5.41 Å². The van der Waals surface area contributed by atoms with E-state index in [0.29, 0.717) is 17.9 Å². The van der Waals surface area contributed by atoms with E-state index in [1.54, 1.807) is 0 Å². The SMILES string of the molecule is CCC(CC)(CN)C(=O)N1CCC2(CCNC2)CC1. The van der Waals surface area contributed by atoms with E-state index in [0.717, 1.165) is 51.9 Å². The highest BCUT2D eigenvalue weighted by atomic mass is 16.2. The van der Waals surface area contributed by atoms with Gasteiger partial charge in [-0.25, -0.2) is 0 Å². The summed E-state index contributed by atoms with van der Waals surface area (Å²) in [5.74, 6) is 0.292. The Morgan fingerprint density at radius 1 is 1.26 bits per heavy atom. The molecule has 110 valence electrons. The fraction of sp³-hybridized carbons (Fsp3) is 0.933. The molecule has 0 aliphatic carbocycles. The van der Waals surface area contributed by atoms with Gasteiger partial charge in [-0.2, -0.15) is 0 Å². The highest BCUT2D eigenvalue weighted by molar-refractivity contribution is 5.83. The van der Waals surface area contributed by atoms with Crippen LogP contribution in [0.25, 0.3) is 0 Å². The molecule has 1 spiro atoms. The van der Waals surface area contributed by atoms with Crippen LogP contribution in [0.4, 0.5) is 0 Å². The van der Waals surface area contributed by atoms with Gasteiger partial charge in [-0.1, -0.05) is 13.8 Å². The van der Waals surface area contributed by atoms with E-state index in [4.69, 9.17) is 5.73 Å². The Morgan fingerprint density at radius 2 is 1.89 bits per heavy atom. The zero-order valence-electron chi connectivity index (χ0n) is 12.5.